The Labute approximate surface area is 599 Å². The maximum atomic E-state index is 6.11. The Kier molecular flexibility index (Phi) is 13.6. The molecule has 0 aliphatic rings. The number of thiophene rings is 1. The quantitative estimate of drug-likeness (QED) is 0.149. The Hall–Kier alpha value is -13.8. The molecule has 0 N–H and O–H groups in total. The number of para-hydroxylation sites is 1. The van der Waals surface area contributed by atoms with Gasteiger partial charge in [0.25, 0.3) is 0 Å². The molecular weight excluding hydrogens is 1290 g/mol. The number of benzene rings is 16. The van der Waals surface area contributed by atoms with Gasteiger partial charge in [0, 0.05) is 97.2 Å². The highest BCUT2D eigenvalue weighted by molar-refractivity contribution is 7.25. The predicted octanol–water partition coefficient (Wildman–Crippen LogP) is 24.8. The minimum Gasteiger partial charge on any atom is -0.456 e. The fourth-order valence-electron chi connectivity index (χ4n) is 15.6. The van der Waals surface area contributed by atoms with E-state index < -0.39 is 0 Å². The highest BCUT2D eigenvalue weighted by atomic mass is 32.1. The molecule has 6 heterocycles. The van der Waals surface area contributed by atoms with Crippen molar-refractivity contribution >= 4 is 140 Å². The van der Waals surface area contributed by atoms with E-state index in [1.54, 1.807) is 0 Å². The van der Waals surface area contributed by atoms with Crippen LogP contribution in [-0.4, -0.2) is 39.0 Å². The zero-order valence-electron chi connectivity index (χ0n) is 55.7. The minimum atomic E-state index is 0.612. The number of hydrogen-bond acceptors (Lipinski definition) is 8. The summed E-state index contributed by atoms with van der Waals surface area (Å²) in [5.41, 5.74) is 14.2. The van der Waals surface area contributed by atoms with Gasteiger partial charge in [-0.25, -0.2) is 29.9 Å². The summed E-state index contributed by atoms with van der Waals surface area (Å²) in [7, 11) is 0. The largest absolute Gasteiger partial charge is 0.456 e. The predicted molar refractivity (Wildman–Crippen MR) is 431 cm³/mol. The van der Waals surface area contributed by atoms with E-state index in [2.05, 4.69) is 270 Å². The lowest BCUT2D eigenvalue weighted by Crippen LogP contribution is -2.00. The lowest BCUT2D eigenvalue weighted by Gasteiger charge is -2.11. The summed E-state index contributed by atoms with van der Waals surface area (Å²) in [6.07, 6.45) is 0. The number of fused-ring (bicyclic) bond motifs is 20. The number of aromatic nitrogens is 8. The summed E-state index contributed by atoms with van der Waals surface area (Å²) < 4.78 is 13.4. The molecule has 0 saturated carbocycles. The van der Waals surface area contributed by atoms with E-state index in [0.29, 0.717) is 34.9 Å². The molecule has 6 aromatic heterocycles. The van der Waals surface area contributed by atoms with Gasteiger partial charge in [-0.1, -0.05) is 218 Å². The fourth-order valence-corrected chi connectivity index (χ4v) is 16.7. The zero-order chi connectivity index (χ0) is 68.3. The maximum absolute atomic E-state index is 6.11. The van der Waals surface area contributed by atoms with E-state index in [0.717, 1.165) is 66.7 Å². The van der Waals surface area contributed by atoms with Crippen LogP contribution in [0.15, 0.2) is 344 Å². The first-order valence-corrected chi connectivity index (χ1v) is 35.7. The van der Waals surface area contributed by atoms with Gasteiger partial charge in [-0.05, 0) is 164 Å². The van der Waals surface area contributed by atoms with Gasteiger partial charge in [0.05, 0.1) is 22.1 Å². The van der Waals surface area contributed by atoms with Crippen LogP contribution >= 0.6 is 11.3 Å². The van der Waals surface area contributed by atoms with Crippen LogP contribution < -0.4 is 0 Å². The molecule has 0 spiro atoms. The molecule has 0 atom stereocenters. The Morgan fingerprint density at radius 1 is 0.212 bits per heavy atom. The molecule has 0 saturated heterocycles. The van der Waals surface area contributed by atoms with Crippen molar-refractivity contribution in [2.24, 2.45) is 0 Å². The zero-order valence-corrected chi connectivity index (χ0v) is 56.5. The van der Waals surface area contributed by atoms with Crippen molar-refractivity contribution in [1.82, 2.24) is 39.0 Å². The molecule has 0 bridgehead atoms. The molecule has 0 aliphatic heterocycles. The van der Waals surface area contributed by atoms with E-state index in [-0.39, 0.29) is 0 Å². The van der Waals surface area contributed by atoms with Crippen LogP contribution in [0.1, 0.15) is 0 Å². The molecule has 10 heteroatoms. The lowest BCUT2D eigenvalue weighted by atomic mass is 10.00. The van der Waals surface area contributed by atoms with Gasteiger partial charge in [0.1, 0.15) is 11.2 Å². The average molecular weight is 1350 g/mol. The lowest BCUT2D eigenvalue weighted by molar-refractivity contribution is 0.669. The summed E-state index contributed by atoms with van der Waals surface area (Å²) in [6, 6.07) is 120. The standard InChI is InChI=1S/C47H28N4O.C47H28N4S/c2*1-2-12-31(13-3-1)45-48-46(50-47(49-45)33-22-27-42-38(28-33)37-16-8-9-17-41(37)52-42)32-18-23-34(24-19-32)51-39-25-20-29-10-4-6-14-35(29)43(39)44-36-15-7-5-11-30(36)21-26-40(44)51/h2*1-28H. The van der Waals surface area contributed by atoms with Gasteiger partial charge >= 0.3 is 0 Å². The van der Waals surface area contributed by atoms with Crippen LogP contribution in [0.3, 0.4) is 0 Å². The Balaban J connectivity index is 0.000000134. The van der Waals surface area contributed by atoms with Crippen molar-refractivity contribution in [3.05, 3.63) is 340 Å². The van der Waals surface area contributed by atoms with Crippen LogP contribution in [0.5, 0.6) is 0 Å². The molecule has 0 radical (unpaired) electrons. The molecule has 22 rings (SSSR count). The third kappa shape index (κ3) is 9.76. The van der Waals surface area contributed by atoms with E-state index in [1.807, 2.05) is 90.2 Å². The van der Waals surface area contributed by atoms with Crippen molar-refractivity contribution in [3.63, 3.8) is 0 Å². The Bertz CT molecular complexity index is 6600. The molecule has 0 aliphatic carbocycles. The normalized spacial score (nSPS) is 11.8. The van der Waals surface area contributed by atoms with Gasteiger partial charge in [0.2, 0.25) is 0 Å². The van der Waals surface area contributed by atoms with Crippen LogP contribution in [0.2, 0.25) is 0 Å². The first kappa shape index (κ1) is 59.1. The van der Waals surface area contributed by atoms with Crippen LogP contribution in [0.4, 0.5) is 0 Å². The summed E-state index contributed by atoms with van der Waals surface area (Å²) in [5, 5.41) is 19.6. The van der Waals surface area contributed by atoms with Crippen molar-refractivity contribution in [1.29, 1.82) is 0 Å². The second kappa shape index (κ2) is 24.0. The third-order valence-corrected chi connectivity index (χ3v) is 21.6. The second-order valence-corrected chi connectivity index (χ2v) is 27.5. The van der Waals surface area contributed by atoms with Crippen molar-refractivity contribution < 1.29 is 4.42 Å². The topological polar surface area (TPSA) is 100 Å². The molecule has 0 fully saturated rings. The Morgan fingerprint density at radius 2 is 0.519 bits per heavy atom. The minimum absolute atomic E-state index is 0.612. The van der Waals surface area contributed by atoms with E-state index in [9.17, 15) is 0 Å². The monoisotopic (exact) mass is 1340 g/mol. The first-order valence-electron chi connectivity index (χ1n) is 34.9. The van der Waals surface area contributed by atoms with Gasteiger partial charge < -0.3 is 13.6 Å². The van der Waals surface area contributed by atoms with Gasteiger partial charge in [-0.15, -0.1) is 11.3 Å². The molecular formula is C94H56N8OS. The van der Waals surface area contributed by atoms with Crippen LogP contribution in [0.25, 0.3) is 209 Å². The van der Waals surface area contributed by atoms with Gasteiger partial charge in [-0.3, -0.25) is 0 Å². The number of rotatable bonds is 8. The highest BCUT2D eigenvalue weighted by Crippen LogP contribution is 2.44. The SMILES string of the molecule is c1ccc(-c2nc(-c3ccc(-n4c5ccc6ccccc6c5c5c6ccccc6ccc54)cc3)nc(-c3ccc4oc5ccccc5c4c3)n2)cc1.c1ccc(-c2nc(-c3ccc(-n4c5ccc6ccccc6c5c5c6ccccc6ccc54)cc3)nc(-c3ccc4sc5ccccc5c4c3)n2)cc1. The van der Waals surface area contributed by atoms with E-state index >= 15 is 0 Å². The van der Waals surface area contributed by atoms with Gasteiger partial charge in [0.15, 0.2) is 34.9 Å². The Morgan fingerprint density at radius 3 is 0.952 bits per heavy atom. The second-order valence-electron chi connectivity index (χ2n) is 26.5. The van der Waals surface area contributed by atoms with Crippen molar-refractivity contribution in [3.8, 4) is 79.7 Å². The maximum Gasteiger partial charge on any atom is 0.164 e. The first-order chi connectivity index (χ1) is 51.5. The summed E-state index contributed by atoms with van der Waals surface area (Å²) in [6.45, 7) is 0. The number of furan rings is 1. The average Bonchev–Trinajstić information content (AvgIpc) is 1.56. The van der Waals surface area contributed by atoms with Crippen LogP contribution in [0, 0.1) is 0 Å². The summed E-state index contributed by atoms with van der Waals surface area (Å²) in [4.78, 5) is 30.2. The third-order valence-electron chi connectivity index (χ3n) is 20.5. The van der Waals surface area contributed by atoms with Gasteiger partial charge in [-0.2, -0.15) is 0 Å². The summed E-state index contributed by atoms with van der Waals surface area (Å²) >= 11 is 1.81. The smallest absolute Gasteiger partial charge is 0.164 e. The van der Waals surface area contributed by atoms with Crippen molar-refractivity contribution in [2.75, 3.05) is 0 Å². The van der Waals surface area contributed by atoms with E-state index in [1.165, 1.54) is 107 Å². The number of nitrogens with zero attached hydrogens (tertiary/aromatic N) is 8. The summed E-state index contributed by atoms with van der Waals surface area (Å²) in [5.74, 6) is 3.81. The highest BCUT2D eigenvalue weighted by Gasteiger charge is 2.22. The molecule has 0 amide bonds. The molecule has 22 aromatic rings. The van der Waals surface area contributed by atoms with Crippen molar-refractivity contribution in [2.45, 2.75) is 0 Å². The number of hydrogen-bond donors (Lipinski definition) is 0. The van der Waals surface area contributed by atoms with E-state index in [4.69, 9.17) is 34.3 Å². The molecule has 484 valence electrons. The fraction of sp³-hybridized carbons (Fsp3) is 0. The molecule has 16 aromatic carbocycles. The molecule has 9 nitrogen and oxygen atoms in total. The molecule has 0 unspecified atom stereocenters. The van der Waals surface area contributed by atoms with Crippen LogP contribution in [-0.2, 0) is 0 Å². The molecule has 104 heavy (non-hydrogen) atoms.